The fourth-order valence-electron chi connectivity index (χ4n) is 3.12. The van der Waals surface area contributed by atoms with Crippen LogP contribution in [-0.4, -0.2) is 36.3 Å². The zero-order valence-corrected chi connectivity index (χ0v) is 13.8. The smallest absolute Gasteiger partial charge is 0.269 e. The minimum Gasteiger partial charge on any atom is -0.497 e. The van der Waals surface area contributed by atoms with Crippen LogP contribution in [0.4, 0.5) is 5.82 Å². The quantitative estimate of drug-likeness (QED) is 0.909. The number of carbonyl (C=O) groups is 1. The van der Waals surface area contributed by atoms with E-state index in [-0.39, 0.29) is 5.69 Å². The lowest BCUT2D eigenvalue weighted by atomic mass is 9.90. The molecule has 2 heterocycles. The van der Waals surface area contributed by atoms with Crippen molar-refractivity contribution in [3.63, 3.8) is 0 Å². The number of primary amides is 1. The first-order chi connectivity index (χ1) is 11.7. The zero-order valence-electron chi connectivity index (χ0n) is 13.8. The van der Waals surface area contributed by atoms with Gasteiger partial charge in [-0.3, -0.25) is 4.79 Å². The standard InChI is InChI=1S/C18H22N4O2/c1-24-15-4-2-3-14(12-15)11-13-7-9-22(10-8-13)17-6-5-16(18(19)23)20-21-17/h2-6,12-13H,7-11H2,1H3,(H2,19,23). The molecule has 1 aromatic carbocycles. The molecule has 1 aromatic heterocycles. The number of nitrogens with zero attached hydrogens (tertiary/aromatic N) is 3. The molecule has 1 amide bonds. The molecule has 0 spiro atoms. The van der Waals surface area contributed by atoms with E-state index in [1.54, 1.807) is 13.2 Å². The van der Waals surface area contributed by atoms with Crippen molar-refractivity contribution in [1.82, 2.24) is 10.2 Å². The maximum atomic E-state index is 11.0. The number of hydrogen-bond donors (Lipinski definition) is 1. The van der Waals surface area contributed by atoms with E-state index in [0.29, 0.717) is 5.92 Å². The molecule has 24 heavy (non-hydrogen) atoms. The number of anilines is 1. The Kier molecular flexibility index (Phi) is 4.93. The van der Waals surface area contributed by atoms with Crippen molar-refractivity contribution < 1.29 is 9.53 Å². The first-order valence-corrected chi connectivity index (χ1v) is 8.17. The molecule has 0 saturated carbocycles. The molecule has 1 aliphatic heterocycles. The van der Waals surface area contributed by atoms with Crippen LogP contribution >= 0.6 is 0 Å². The largest absolute Gasteiger partial charge is 0.497 e. The Morgan fingerprint density at radius 3 is 2.67 bits per heavy atom. The van der Waals surface area contributed by atoms with Crippen molar-refractivity contribution in [2.75, 3.05) is 25.1 Å². The molecule has 0 unspecified atom stereocenters. The first kappa shape index (κ1) is 16.2. The van der Waals surface area contributed by atoms with E-state index in [0.717, 1.165) is 43.9 Å². The van der Waals surface area contributed by atoms with Crippen LogP contribution in [0.15, 0.2) is 36.4 Å². The van der Waals surface area contributed by atoms with Crippen LogP contribution in [0.5, 0.6) is 5.75 Å². The summed E-state index contributed by atoms with van der Waals surface area (Å²) in [5, 5.41) is 7.99. The molecule has 1 aliphatic rings. The maximum Gasteiger partial charge on any atom is 0.269 e. The van der Waals surface area contributed by atoms with Gasteiger partial charge in [0.2, 0.25) is 0 Å². The van der Waals surface area contributed by atoms with E-state index in [1.165, 1.54) is 5.56 Å². The van der Waals surface area contributed by atoms with Crippen LogP contribution in [-0.2, 0) is 6.42 Å². The van der Waals surface area contributed by atoms with E-state index in [1.807, 2.05) is 18.2 Å². The molecule has 1 saturated heterocycles. The van der Waals surface area contributed by atoms with Gasteiger partial charge in [0.15, 0.2) is 11.5 Å². The fraction of sp³-hybridized carbons (Fsp3) is 0.389. The summed E-state index contributed by atoms with van der Waals surface area (Å²) in [4.78, 5) is 13.3. The lowest BCUT2D eigenvalue weighted by molar-refractivity contribution is 0.0994. The van der Waals surface area contributed by atoms with Crippen LogP contribution in [0.1, 0.15) is 28.9 Å². The van der Waals surface area contributed by atoms with Gasteiger partial charge in [-0.2, -0.15) is 0 Å². The van der Waals surface area contributed by atoms with Crippen molar-refractivity contribution in [2.24, 2.45) is 11.7 Å². The number of methoxy groups -OCH3 is 1. The van der Waals surface area contributed by atoms with Crippen LogP contribution in [0.3, 0.4) is 0 Å². The number of piperidine rings is 1. The average Bonchev–Trinajstić information content (AvgIpc) is 2.62. The molecule has 1 fully saturated rings. The predicted molar refractivity (Wildman–Crippen MR) is 92.2 cm³/mol. The van der Waals surface area contributed by atoms with E-state index >= 15 is 0 Å². The molecule has 0 bridgehead atoms. The van der Waals surface area contributed by atoms with Gasteiger partial charge in [0.25, 0.3) is 5.91 Å². The summed E-state index contributed by atoms with van der Waals surface area (Å²) in [6.07, 6.45) is 3.28. The monoisotopic (exact) mass is 326 g/mol. The third-order valence-corrected chi connectivity index (χ3v) is 4.50. The topological polar surface area (TPSA) is 81.3 Å². The number of rotatable bonds is 5. The summed E-state index contributed by atoms with van der Waals surface area (Å²) in [7, 11) is 1.70. The SMILES string of the molecule is COc1cccc(CC2CCN(c3ccc(C(N)=O)nn3)CC2)c1. The molecule has 0 aliphatic carbocycles. The number of benzene rings is 1. The first-order valence-electron chi connectivity index (χ1n) is 8.17. The number of ether oxygens (including phenoxy) is 1. The highest BCUT2D eigenvalue weighted by molar-refractivity contribution is 5.90. The molecule has 2 aromatic rings. The summed E-state index contributed by atoms with van der Waals surface area (Å²) in [6.45, 7) is 1.89. The lowest BCUT2D eigenvalue weighted by Gasteiger charge is -2.32. The van der Waals surface area contributed by atoms with E-state index in [2.05, 4.69) is 27.2 Å². The second kappa shape index (κ2) is 7.29. The van der Waals surface area contributed by atoms with Crippen LogP contribution < -0.4 is 15.4 Å². The summed E-state index contributed by atoms with van der Waals surface area (Å²) < 4.78 is 5.29. The third kappa shape index (κ3) is 3.82. The Labute approximate surface area is 141 Å². The maximum absolute atomic E-state index is 11.0. The number of hydrogen-bond acceptors (Lipinski definition) is 5. The minimum atomic E-state index is -0.550. The highest BCUT2D eigenvalue weighted by Gasteiger charge is 2.21. The van der Waals surface area contributed by atoms with Gasteiger partial charge in [-0.25, -0.2) is 0 Å². The third-order valence-electron chi connectivity index (χ3n) is 4.50. The van der Waals surface area contributed by atoms with Crippen molar-refractivity contribution in [2.45, 2.75) is 19.3 Å². The van der Waals surface area contributed by atoms with Crippen LogP contribution in [0, 0.1) is 5.92 Å². The highest BCUT2D eigenvalue weighted by Crippen LogP contribution is 2.25. The second-order valence-corrected chi connectivity index (χ2v) is 6.13. The lowest BCUT2D eigenvalue weighted by Crippen LogP contribution is -2.35. The minimum absolute atomic E-state index is 0.201. The van der Waals surface area contributed by atoms with Crippen molar-refractivity contribution >= 4 is 11.7 Å². The van der Waals surface area contributed by atoms with Crippen molar-refractivity contribution in [3.8, 4) is 5.75 Å². The Morgan fingerprint density at radius 1 is 1.25 bits per heavy atom. The predicted octanol–water partition coefficient (Wildman–Crippen LogP) is 2.04. The van der Waals surface area contributed by atoms with Gasteiger partial charge in [-0.1, -0.05) is 12.1 Å². The molecule has 0 radical (unpaired) electrons. The Bertz CT molecular complexity index is 694. The van der Waals surface area contributed by atoms with Gasteiger partial charge >= 0.3 is 0 Å². The summed E-state index contributed by atoms with van der Waals surface area (Å²) in [5.74, 6) is 1.83. The van der Waals surface area contributed by atoms with Gasteiger partial charge in [-0.05, 0) is 55.0 Å². The normalized spacial score (nSPS) is 15.3. The van der Waals surface area contributed by atoms with Crippen LogP contribution in [0.2, 0.25) is 0 Å². The molecular weight excluding hydrogens is 304 g/mol. The van der Waals surface area contributed by atoms with Gasteiger partial charge in [0.05, 0.1) is 7.11 Å². The summed E-state index contributed by atoms with van der Waals surface area (Å²) in [5.41, 5.74) is 6.71. The number of nitrogens with two attached hydrogens (primary N) is 1. The van der Waals surface area contributed by atoms with Gasteiger partial charge in [-0.15, -0.1) is 10.2 Å². The second-order valence-electron chi connectivity index (χ2n) is 6.13. The van der Waals surface area contributed by atoms with Crippen molar-refractivity contribution in [1.29, 1.82) is 0 Å². The Hall–Kier alpha value is -2.63. The number of amides is 1. The fourth-order valence-corrected chi connectivity index (χ4v) is 3.12. The molecule has 6 heteroatoms. The van der Waals surface area contributed by atoms with Gasteiger partial charge < -0.3 is 15.4 Å². The molecule has 0 atom stereocenters. The Balaban J connectivity index is 1.56. The Morgan fingerprint density at radius 2 is 2.04 bits per heavy atom. The van der Waals surface area contributed by atoms with Crippen molar-refractivity contribution in [3.05, 3.63) is 47.7 Å². The van der Waals surface area contributed by atoms with Gasteiger partial charge in [0, 0.05) is 13.1 Å². The van der Waals surface area contributed by atoms with E-state index < -0.39 is 5.91 Å². The average molecular weight is 326 g/mol. The number of aromatic nitrogens is 2. The van der Waals surface area contributed by atoms with Gasteiger partial charge in [0.1, 0.15) is 5.75 Å². The number of carbonyl (C=O) groups excluding carboxylic acids is 1. The zero-order chi connectivity index (χ0) is 16.9. The summed E-state index contributed by atoms with van der Waals surface area (Å²) >= 11 is 0. The summed E-state index contributed by atoms with van der Waals surface area (Å²) in [6, 6.07) is 11.7. The van der Waals surface area contributed by atoms with Crippen LogP contribution in [0.25, 0.3) is 0 Å². The molecule has 6 nitrogen and oxygen atoms in total. The molecule has 2 N–H and O–H groups in total. The van der Waals surface area contributed by atoms with E-state index in [9.17, 15) is 4.79 Å². The molecule has 3 rings (SSSR count). The molecular formula is C18H22N4O2. The molecule has 126 valence electrons. The van der Waals surface area contributed by atoms with E-state index in [4.69, 9.17) is 10.5 Å². The highest BCUT2D eigenvalue weighted by atomic mass is 16.5.